The van der Waals surface area contributed by atoms with Crippen LogP contribution in [-0.4, -0.2) is 0 Å². The minimum Gasteiger partial charge on any atom is -0.0890 e. The minimum atomic E-state index is 0. The third-order valence-corrected chi connectivity index (χ3v) is 1.39. The summed E-state index contributed by atoms with van der Waals surface area (Å²) in [6.07, 6.45) is 4.64. The molecule has 0 aliphatic carbocycles. The van der Waals surface area contributed by atoms with E-state index >= 15 is 0 Å². The van der Waals surface area contributed by atoms with Gasteiger partial charge in [-0.25, -0.2) is 0 Å². The van der Waals surface area contributed by atoms with E-state index < -0.39 is 0 Å². The highest BCUT2D eigenvalue weighted by molar-refractivity contribution is 4.88. The summed E-state index contributed by atoms with van der Waals surface area (Å²) in [5.74, 6) is 0.884. The van der Waals surface area contributed by atoms with Gasteiger partial charge in [-0.2, -0.15) is 0 Å². The molecule has 0 nitrogen and oxygen atoms in total. The van der Waals surface area contributed by atoms with Gasteiger partial charge >= 0.3 is 0 Å². The Bertz CT molecular complexity index is 84.2. The van der Waals surface area contributed by atoms with Gasteiger partial charge in [0.15, 0.2) is 0 Å². The highest BCUT2D eigenvalue weighted by Crippen LogP contribution is 1.93. The van der Waals surface area contributed by atoms with Gasteiger partial charge in [0.25, 0.3) is 0 Å². The summed E-state index contributed by atoms with van der Waals surface area (Å²) in [5, 5.41) is 0. The molecule has 0 rings (SSSR count). The van der Waals surface area contributed by atoms with E-state index in [0.717, 1.165) is 5.92 Å². The first kappa shape index (κ1) is 36.0. The molecule has 0 spiro atoms. The molecular formula is C16H42. The first-order chi connectivity index (χ1) is 5.95. The van der Waals surface area contributed by atoms with Gasteiger partial charge in [0.2, 0.25) is 0 Å². The van der Waals surface area contributed by atoms with Crippen LogP contribution < -0.4 is 0 Å². The van der Waals surface area contributed by atoms with Gasteiger partial charge in [0.05, 0.1) is 0 Å². The van der Waals surface area contributed by atoms with E-state index in [4.69, 9.17) is 0 Å². The molecule has 0 aliphatic rings. The lowest BCUT2D eigenvalue weighted by Gasteiger charge is -1.90. The Morgan fingerprint density at radius 2 is 1.06 bits per heavy atom. The van der Waals surface area contributed by atoms with Gasteiger partial charge in [-0.15, -0.1) is 0 Å². The Balaban J connectivity index is -0.0000000220. The second-order valence-corrected chi connectivity index (χ2v) is 3.88. The maximum Gasteiger partial charge on any atom is -0.0442 e. The van der Waals surface area contributed by atoms with E-state index in [1.54, 1.807) is 0 Å². The third-order valence-electron chi connectivity index (χ3n) is 1.39. The summed E-state index contributed by atoms with van der Waals surface area (Å²) in [5.41, 5.74) is 1.38. The molecule has 0 aliphatic heterocycles. The van der Waals surface area contributed by atoms with Crippen LogP contribution in [0.3, 0.4) is 0 Å². The van der Waals surface area contributed by atoms with Crippen LogP contribution in [0.15, 0.2) is 11.6 Å². The fraction of sp³-hybridized carbons (Fsp3) is 0.875. The highest BCUT2D eigenvalue weighted by Gasteiger charge is 1.80. The standard InChI is InChI=1S/C5H12.C5H10.C3H8.3CH4/c2*1-4-5(2)3;1-3-2;;;/h5H,4H2,1-3H3;4H,1-3H3;3H2,1-2H3;3*1H4. The maximum atomic E-state index is 2.22. The second kappa shape index (κ2) is 36.4. The number of allylic oxidation sites excluding steroid dienone is 2. The number of hydrogen-bond donors (Lipinski definition) is 0. The molecule has 0 atom stereocenters. The minimum absolute atomic E-state index is 0. The topological polar surface area (TPSA) is 0 Å². The first-order valence-electron chi connectivity index (χ1n) is 5.55. The molecule has 0 bridgehead atoms. The zero-order chi connectivity index (χ0) is 11.3. The third kappa shape index (κ3) is 159. The fourth-order valence-electron chi connectivity index (χ4n) is 0. The summed E-state index contributed by atoms with van der Waals surface area (Å²) in [4.78, 5) is 0. The molecular weight excluding hydrogens is 192 g/mol. The lowest BCUT2D eigenvalue weighted by atomic mass is 10.2. The Kier molecular flexibility index (Phi) is 82.1. The van der Waals surface area contributed by atoms with Crippen LogP contribution in [0.2, 0.25) is 0 Å². The van der Waals surface area contributed by atoms with Gasteiger partial charge in [-0.1, -0.05) is 81.4 Å². The lowest BCUT2D eigenvalue weighted by molar-refractivity contribution is 0.626. The van der Waals surface area contributed by atoms with Crippen LogP contribution in [0.5, 0.6) is 0 Å². The van der Waals surface area contributed by atoms with E-state index in [1.165, 1.54) is 18.4 Å². The van der Waals surface area contributed by atoms with Crippen LogP contribution in [-0.2, 0) is 0 Å². The van der Waals surface area contributed by atoms with Crippen molar-refractivity contribution in [2.24, 2.45) is 5.92 Å². The molecule has 16 heavy (non-hydrogen) atoms. The molecule has 106 valence electrons. The fourth-order valence-corrected chi connectivity index (χ4v) is 0. The van der Waals surface area contributed by atoms with Crippen LogP contribution in [0.4, 0.5) is 0 Å². The van der Waals surface area contributed by atoms with Gasteiger partial charge in [-0.05, 0) is 26.7 Å². The van der Waals surface area contributed by atoms with Crippen molar-refractivity contribution in [2.45, 2.75) is 90.5 Å². The summed E-state index contributed by atoms with van der Waals surface area (Å²) < 4.78 is 0. The highest BCUT2D eigenvalue weighted by atomic mass is 13.9. The van der Waals surface area contributed by atoms with Gasteiger partial charge in [-0.3, -0.25) is 0 Å². The van der Waals surface area contributed by atoms with E-state index in [9.17, 15) is 0 Å². The van der Waals surface area contributed by atoms with E-state index in [1.807, 2.05) is 6.92 Å². The molecule has 0 unspecified atom stereocenters. The van der Waals surface area contributed by atoms with E-state index in [-0.39, 0.29) is 22.3 Å². The zero-order valence-electron chi connectivity index (χ0n) is 11.1. The molecule has 0 saturated carbocycles. The molecule has 0 radical (unpaired) electrons. The van der Waals surface area contributed by atoms with Crippen molar-refractivity contribution in [1.29, 1.82) is 0 Å². The molecule has 0 aromatic rings. The Morgan fingerprint density at radius 3 is 1.06 bits per heavy atom. The summed E-state index contributed by atoms with van der Waals surface area (Å²) in [7, 11) is 0. The van der Waals surface area contributed by atoms with Crippen molar-refractivity contribution < 1.29 is 0 Å². The van der Waals surface area contributed by atoms with Crippen LogP contribution >= 0.6 is 0 Å². The molecule has 0 N–H and O–H groups in total. The predicted molar refractivity (Wildman–Crippen MR) is 86.4 cm³/mol. The van der Waals surface area contributed by atoms with Crippen molar-refractivity contribution in [3.8, 4) is 0 Å². The number of rotatable bonds is 1. The van der Waals surface area contributed by atoms with Crippen molar-refractivity contribution in [3.05, 3.63) is 11.6 Å². The molecule has 0 aromatic carbocycles. The van der Waals surface area contributed by atoms with Gasteiger partial charge < -0.3 is 0 Å². The monoisotopic (exact) mass is 234 g/mol. The van der Waals surface area contributed by atoms with Gasteiger partial charge in [0.1, 0.15) is 0 Å². The average Bonchev–Trinajstić information content (AvgIpc) is 2.07. The van der Waals surface area contributed by atoms with Crippen LogP contribution in [0.25, 0.3) is 0 Å². The van der Waals surface area contributed by atoms with E-state index in [2.05, 4.69) is 54.5 Å². The quantitative estimate of drug-likeness (QED) is 0.416. The second-order valence-electron chi connectivity index (χ2n) is 3.88. The predicted octanol–water partition coefficient (Wildman–Crippen LogP) is 7.35. The maximum absolute atomic E-state index is 2.22. The molecule has 0 heteroatoms. The average molecular weight is 235 g/mol. The normalized spacial score (nSPS) is 6.31. The van der Waals surface area contributed by atoms with Crippen molar-refractivity contribution in [1.82, 2.24) is 0 Å². The summed E-state index contributed by atoms with van der Waals surface area (Å²) in [6.45, 7) is 17.1. The summed E-state index contributed by atoms with van der Waals surface area (Å²) in [6, 6.07) is 0. The number of hydrogen-bond acceptors (Lipinski definition) is 0. The van der Waals surface area contributed by atoms with Crippen LogP contribution in [0, 0.1) is 5.92 Å². The molecule has 0 heterocycles. The largest absolute Gasteiger partial charge is 0.0890 e. The smallest absolute Gasteiger partial charge is 0.0442 e. The molecule has 0 fully saturated rings. The lowest BCUT2D eigenvalue weighted by Crippen LogP contribution is -1.77. The van der Waals surface area contributed by atoms with Crippen molar-refractivity contribution >= 4 is 0 Å². The van der Waals surface area contributed by atoms with Gasteiger partial charge in [0, 0.05) is 0 Å². The molecule has 0 amide bonds. The van der Waals surface area contributed by atoms with Crippen LogP contribution in [0.1, 0.15) is 90.5 Å². The van der Waals surface area contributed by atoms with Crippen molar-refractivity contribution in [2.75, 3.05) is 0 Å². The molecule has 0 aromatic heterocycles. The van der Waals surface area contributed by atoms with Crippen molar-refractivity contribution in [3.63, 3.8) is 0 Å². The Labute approximate surface area is 109 Å². The molecule has 0 saturated heterocycles. The summed E-state index contributed by atoms with van der Waals surface area (Å²) >= 11 is 0. The zero-order valence-corrected chi connectivity index (χ0v) is 11.1. The Hall–Kier alpha value is -0.260. The SMILES string of the molecule is C.C.C.CC=C(C)C.CCC.CCC(C)C. The Morgan fingerprint density at radius 1 is 0.938 bits per heavy atom. The first-order valence-corrected chi connectivity index (χ1v) is 5.55. The van der Waals surface area contributed by atoms with E-state index in [0.29, 0.717) is 0 Å².